The van der Waals surface area contributed by atoms with Gasteiger partial charge in [-0.1, -0.05) is 12.1 Å². The molecule has 1 aromatic rings. The first-order valence-electron chi connectivity index (χ1n) is 5.99. The molecule has 2 aliphatic rings. The molecule has 0 spiro atoms. The Morgan fingerprint density at radius 3 is 3.31 bits per heavy atom. The Morgan fingerprint density at radius 1 is 1.44 bits per heavy atom. The van der Waals surface area contributed by atoms with E-state index in [-0.39, 0.29) is 0 Å². The first kappa shape index (κ1) is 10.3. The normalized spacial score (nSPS) is 27.6. The Balaban J connectivity index is 1.91. The molecule has 1 nitrogen and oxygen atoms in total. The Kier molecular flexibility index (Phi) is 2.94. The van der Waals surface area contributed by atoms with Crippen molar-refractivity contribution in [1.29, 1.82) is 0 Å². The Hall–Kier alpha value is -0.860. The predicted molar refractivity (Wildman–Crippen MR) is 68.6 cm³/mol. The van der Waals surface area contributed by atoms with Gasteiger partial charge in [-0.2, -0.15) is 0 Å². The molecule has 0 aromatic carbocycles. The summed E-state index contributed by atoms with van der Waals surface area (Å²) in [6, 6.07) is 4.30. The van der Waals surface area contributed by atoms with Crippen LogP contribution in [0.2, 0.25) is 0 Å². The molecule has 1 fully saturated rings. The monoisotopic (exact) mass is 232 g/mol. The third-order valence-electron chi connectivity index (χ3n) is 3.30. The van der Waals surface area contributed by atoms with Crippen LogP contribution in [0.15, 0.2) is 34.7 Å². The van der Waals surface area contributed by atoms with E-state index in [1.165, 1.54) is 35.3 Å². The summed E-state index contributed by atoms with van der Waals surface area (Å²) in [7, 11) is 0. The molecule has 1 aromatic heterocycles. The van der Waals surface area contributed by atoms with Crippen molar-refractivity contribution in [3.63, 3.8) is 0 Å². The third-order valence-corrected chi connectivity index (χ3v) is 4.12. The van der Waals surface area contributed by atoms with Gasteiger partial charge in [-0.05, 0) is 54.4 Å². The molecule has 0 bridgehead atoms. The van der Waals surface area contributed by atoms with Gasteiger partial charge in [0.2, 0.25) is 0 Å². The van der Waals surface area contributed by atoms with Gasteiger partial charge < -0.3 is 4.74 Å². The van der Waals surface area contributed by atoms with E-state index in [2.05, 4.69) is 29.7 Å². The molecule has 1 aliphatic carbocycles. The fraction of sp³-hybridized carbons (Fsp3) is 0.429. The predicted octanol–water partition coefficient (Wildman–Crippen LogP) is 4.03. The summed E-state index contributed by atoms with van der Waals surface area (Å²) < 4.78 is 5.83. The van der Waals surface area contributed by atoms with E-state index in [1.807, 2.05) is 11.3 Å². The lowest BCUT2D eigenvalue weighted by molar-refractivity contribution is 0.0570. The second-order valence-electron chi connectivity index (χ2n) is 4.38. The Morgan fingerprint density at radius 2 is 2.44 bits per heavy atom. The van der Waals surface area contributed by atoms with E-state index in [0.29, 0.717) is 6.10 Å². The first-order valence-corrected chi connectivity index (χ1v) is 6.87. The van der Waals surface area contributed by atoms with Crippen LogP contribution in [0, 0.1) is 0 Å². The fourth-order valence-corrected chi connectivity index (χ4v) is 3.20. The molecule has 3 rings (SSSR count). The number of thiophene rings is 1. The van der Waals surface area contributed by atoms with E-state index < -0.39 is 0 Å². The second-order valence-corrected chi connectivity index (χ2v) is 5.36. The van der Waals surface area contributed by atoms with Crippen LogP contribution in [-0.2, 0) is 4.74 Å². The lowest BCUT2D eigenvalue weighted by atomic mass is 9.87. The summed E-state index contributed by atoms with van der Waals surface area (Å²) in [5.74, 6) is 0. The fourth-order valence-electron chi connectivity index (χ4n) is 2.51. The van der Waals surface area contributed by atoms with Crippen LogP contribution in [0.3, 0.4) is 0 Å². The van der Waals surface area contributed by atoms with Crippen molar-refractivity contribution in [2.75, 3.05) is 6.61 Å². The largest absolute Gasteiger partial charge is 0.373 e. The number of ether oxygens (including phenoxy) is 1. The second kappa shape index (κ2) is 4.56. The van der Waals surface area contributed by atoms with Gasteiger partial charge in [0, 0.05) is 4.88 Å². The zero-order valence-corrected chi connectivity index (χ0v) is 10.1. The lowest BCUT2D eigenvalue weighted by Gasteiger charge is -2.31. The zero-order chi connectivity index (χ0) is 10.8. The van der Waals surface area contributed by atoms with Crippen LogP contribution in [0.5, 0.6) is 0 Å². The van der Waals surface area contributed by atoms with Crippen molar-refractivity contribution in [1.82, 2.24) is 0 Å². The number of rotatable bonds is 1. The standard InChI is InChI=1S/C14H16OS/c1-2-6-14-13(5-1)11(7-8-15-14)10-12-4-3-9-16-12/h3-5,9-10,14H,1-2,6-8H2/b11-10+. The maximum atomic E-state index is 5.83. The van der Waals surface area contributed by atoms with Crippen LogP contribution in [0.4, 0.5) is 0 Å². The van der Waals surface area contributed by atoms with Crippen molar-refractivity contribution < 1.29 is 4.74 Å². The first-order chi connectivity index (χ1) is 7.93. The van der Waals surface area contributed by atoms with Crippen LogP contribution in [-0.4, -0.2) is 12.7 Å². The summed E-state index contributed by atoms with van der Waals surface area (Å²) in [4.78, 5) is 1.36. The summed E-state index contributed by atoms with van der Waals surface area (Å²) in [5, 5.41) is 2.14. The molecule has 1 unspecified atom stereocenters. The van der Waals surface area contributed by atoms with E-state index in [9.17, 15) is 0 Å². The summed E-state index contributed by atoms with van der Waals surface area (Å²) in [6.07, 6.45) is 9.88. The average molecular weight is 232 g/mol. The third kappa shape index (κ3) is 2.00. The molecule has 1 aliphatic heterocycles. The maximum Gasteiger partial charge on any atom is 0.0824 e. The molecule has 0 N–H and O–H groups in total. The van der Waals surface area contributed by atoms with Crippen molar-refractivity contribution in [2.45, 2.75) is 31.8 Å². The van der Waals surface area contributed by atoms with Crippen molar-refractivity contribution in [2.24, 2.45) is 0 Å². The minimum Gasteiger partial charge on any atom is -0.373 e. The number of hydrogen-bond donors (Lipinski definition) is 0. The summed E-state index contributed by atoms with van der Waals surface area (Å²) in [5.41, 5.74) is 2.96. The quantitative estimate of drug-likeness (QED) is 0.710. The van der Waals surface area contributed by atoms with Crippen molar-refractivity contribution >= 4 is 17.4 Å². The van der Waals surface area contributed by atoms with Crippen LogP contribution in [0.1, 0.15) is 30.6 Å². The van der Waals surface area contributed by atoms with Gasteiger partial charge in [0.25, 0.3) is 0 Å². The van der Waals surface area contributed by atoms with Crippen molar-refractivity contribution in [3.8, 4) is 0 Å². The smallest absolute Gasteiger partial charge is 0.0824 e. The molecule has 0 amide bonds. The highest BCUT2D eigenvalue weighted by molar-refractivity contribution is 7.10. The van der Waals surface area contributed by atoms with Gasteiger partial charge in [0.1, 0.15) is 0 Å². The van der Waals surface area contributed by atoms with Gasteiger partial charge in [-0.3, -0.25) is 0 Å². The highest BCUT2D eigenvalue weighted by Crippen LogP contribution is 2.34. The topological polar surface area (TPSA) is 9.23 Å². The van der Waals surface area contributed by atoms with Crippen LogP contribution < -0.4 is 0 Å². The highest BCUT2D eigenvalue weighted by atomic mass is 32.1. The van der Waals surface area contributed by atoms with Gasteiger partial charge in [-0.15, -0.1) is 11.3 Å². The Bertz CT molecular complexity index is 414. The zero-order valence-electron chi connectivity index (χ0n) is 9.32. The van der Waals surface area contributed by atoms with Gasteiger partial charge >= 0.3 is 0 Å². The minimum atomic E-state index is 0.383. The van der Waals surface area contributed by atoms with Crippen LogP contribution >= 0.6 is 11.3 Å². The molecule has 0 saturated carbocycles. The summed E-state index contributed by atoms with van der Waals surface area (Å²) in [6.45, 7) is 0.888. The molecule has 84 valence electrons. The van der Waals surface area contributed by atoms with E-state index in [0.717, 1.165) is 13.0 Å². The summed E-state index contributed by atoms with van der Waals surface area (Å²) >= 11 is 1.81. The molecule has 0 radical (unpaired) electrons. The van der Waals surface area contributed by atoms with E-state index in [1.54, 1.807) is 0 Å². The number of hydrogen-bond acceptors (Lipinski definition) is 2. The molecular formula is C14H16OS. The molecule has 1 saturated heterocycles. The maximum absolute atomic E-state index is 5.83. The molecular weight excluding hydrogens is 216 g/mol. The molecule has 1 atom stereocenters. The SMILES string of the molecule is C1=C2/C(=C/c3cccs3)CCOC2CCC1. The van der Waals surface area contributed by atoms with Gasteiger partial charge in [0.15, 0.2) is 0 Å². The lowest BCUT2D eigenvalue weighted by Crippen LogP contribution is -2.25. The number of fused-ring (bicyclic) bond motifs is 1. The van der Waals surface area contributed by atoms with E-state index >= 15 is 0 Å². The number of allylic oxidation sites excluding steroid dienone is 1. The van der Waals surface area contributed by atoms with Gasteiger partial charge in [-0.25, -0.2) is 0 Å². The average Bonchev–Trinajstić information content (AvgIpc) is 2.82. The van der Waals surface area contributed by atoms with Crippen molar-refractivity contribution in [3.05, 3.63) is 39.6 Å². The molecule has 2 heterocycles. The minimum absolute atomic E-state index is 0.383. The van der Waals surface area contributed by atoms with Crippen LogP contribution in [0.25, 0.3) is 6.08 Å². The highest BCUT2D eigenvalue weighted by Gasteiger charge is 2.25. The molecule has 16 heavy (non-hydrogen) atoms. The van der Waals surface area contributed by atoms with Gasteiger partial charge in [0.05, 0.1) is 12.7 Å². The Labute approximate surface area is 100 Å². The van der Waals surface area contributed by atoms with E-state index in [4.69, 9.17) is 4.74 Å². The molecule has 2 heteroatoms.